The van der Waals surface area contributed by atoms with Crippen LogP contribution in [0.25, 0.3) is 0 Å². The highest BCUT2D eigenvalue weighted by Crippen LogP contribution is 2.26. The van der Waals surface area contributed by atoms with Gasteiger partial charge in [0.2, 0.25) is 0 Å². The van der Waals surface area contributed by atoms with Crippen molar-refractivity contribution in [2.45, 2.75) is 0 Å². The minimum Gasteiger partial charge on any atom is -0.245 e. The van der Waals surface area contributed by atoms with Gasteiger partial charge in [-0.1, -0.05) is 66.7 Å². The zero-order valence-corrected chi connectivity index (χ0v) is 13.3. The molecule has 3 aromatic rings. The maximum absolute atomic E-state index is 14.2. The van der Waals surface area contributed by atoms with Crippen molar-refractivity contribution in [3.8, 4) is 0 Å². The molecule has 0 fully saturated rings. The molecule has 108 valence electrons. The van der Waals surface area contributed by atoms with Crippen molar-refractivity contribution in [3.63, 3.8) is 0 Å². The van der Waals surface area contributed by atoms with Crippen LogP contribution in [0.4, 0.5) is 10.1 Å². The van der Waals surface area contributed by atoms with Gasteiger partial charge in [-0.15, -0.1) is 0 Å². The summed E-state index contributed by atoms with van der Waals surface area (Å²) in [6, 6.07) is 24.7. The van der Waals surface area contributed by atoms with Gasteiger partial charge in [-0.2, -0.15) is 0 Å². The lowest BCUT2D eigenvalue weighted by Gasteiger charge is -2.08. The van der Waals surface area contributed by atoms with E-state index in [1.54, 1.807) is 18.2 Å². The maximum Gasteiger partial charge on any atom is 0.162 e. The van der Waals surface area contributed by atoms with Gasteiger partial charge in [-0.25, -0.2) is 9.38 Å². The molecule has 0 radical (unpaired) electrons. The van der Waals surface area contributed by atoms with E-state index in [0.717, 1.165) is 16.8 Å². The van der Waals surface area contributed by atoms with Crippen LogP contribution in [0.2, 0.25) is 0 Å². The number of nitrogens with zero attached hydrogens (tertiary/aromatic N) is 1. The molecule has 0 N–H and O–H groups in total. The normalized spacial score (nSPS) is 10.3. The van der Waals surface area contributed by atoms with Crippen molar-refractivity contribution in [1.29, 1.82) is 0 Å². The average molecular weight is 354 g/mol. The molecule has 0 atom stereocenters. The SMILES string of the molecule is Fc1c(Br)cccc1N=C(c1ccccc1)c1ccccc1. The van der Waals surface area contributed by atoms with Crippen LogP contribution in [0, 0.1) is 5.82 Å². The smallest absolute Gasteiger partial charge is 0.162 e. The Balaban J connectivity index is 2.18. The van der Waals surface area contributed by atoms with Crippen molar-refractivity contribution >= 4 is 27.3 Å². The van der Waals surface area contributed by atoms with Crippen molar-refractivity contribution in [1.82, 2.24) is 0 Å². The van der Waals surface area contributed by atoms with Crippen molar-refractivity contribution in [3.05, 3.63) is 100 Å². The van der Waals surface area contributed by atoms with Gasteiger partial charge in [0.1, 0.15) is 5.69 Å². The minimum atomic E-state index is -0.355. The van der Waals surface area contributed by atoms with E-state index in [0.29, 0.717) is 10.2 Å². The standard InChI is InChI=1S/C19H13BrFN/c20-16-12-7-13-17(18(16)21)22-19(14-8-3-1-4-9-14)15-10-5-2-6-11-15/h1-13H. The Labute approximate surface area is 137 Å². The Hall–Kier alpha value is -2.26. The van der Waals surface area contributed by atoms with Crippen LogP contribution < -0.4 is 0 Å². The first-order valence-corrected chi connectivity index (χ1v) is 7.68. The number of aliphatic imine (C=N–C) groups is 1. The van der Waals surface area contributed by atoms with Gasteiger partial charge in [0.15, 0.2) is 5.82 Å². The fourth-order valence-electron chi connectivity index (χ4n) is 2.19. The summed E-state index contributed by atoms with van der Waals surface area (Å²) in [5.74, 6) is -0.355. The van der Waals surface area contributed by atoms with E-state index in [4.69, 9.17) is 0 Å². The highest BCUT2D eigenvalue weighted by atomic mass is 79.9. The van der Waals surface area contributed by atoms with E-state index < -0.39 is 0 Å². The second-order valence-corrected chi connectivity index (χ2v) is 5.62. The van der Waals surface area contributed by atoms with Crippen LogP contribution in [0.15, 0.2) is 88.3 Å². The highest BCUT2D eigenvalue weighted by Gasteiger charge is 2.10. The van der Waals surface area contributed by atoms with E-state index in [1.165, 1.54) is 0 Å². The summed E-state index contributed by atoms with van der Waals surface area (Å²) < 4.78 is 14.7. The number of rotatable bonds is 3. The third-order valence-electron chi connectivity index (χ3n) is 3.26. The Morgan fingerprint density at radius 2 is 1.27 bits per heavy atom. The van der Waals surface area contributed by atoms with Crippen molar-refractivity contribution < 1.29 is 4.39 Å². The van der Waals surface area contributed by atoms with Gasteiger partial charge in [0, 0.05) is 11.1 Å². The van der Waals surface area contributed by atoms with E-state index in [1.807, 2.05) is 60.7 Å². The molecule has 0 aliphatic carbocycles. The van der Waals surface area contributed by atoms with Gasteiger partial charge in [0.25, 0.3) is 0 Å². The molecule has 0 aliphatic heterocycles. The third kappa shape index (κ3) is 3.15. The summed E-state index contributed by atoms with van der Waals surface area (Å²) in [4.78, 5) is 4.57. The van der Waals surface area contributed by atoms with Crippen LogP contribution >= 0.6 is 15.9 Å². The number of hydrogen-bond donors (Lipinski definition) is 0. The summed E-state index contributed by atoms with van der Waals surface area (Å²) in [5.41, 5.74) is 2.97. The number of halogens is 2. The second kappa shape index (κ2) is 6.67. The summed E-state index contributed by atoms with van der Waals surface area (Å²) >= 11 is 3.20. The molecule has 1 nitrogen and oxygen atoms in total. The number of benzene rings is 3. The van der Waals surface area contributed by atoms with Crippen LogP contribution in [0.3, 0.4) is 0 Å². The molecule has 0 amide bonds. The molecule has 3 rings (SSSR count). The lowest BCUT2D eigenvalue weighted by atomic mass is 10.0. The molecule has 0 saturated heterocycles. The van der Waals surface area contributed by atoms with Crippen molar-refractivity contribution in [2.24, 2.45) is 4.99 Å². The Kier molecular flexibility index (Phi) is 4.45. The average Bonchev–Trinajstić information content (AvgIpc) is 2.58. The highest BCUT2D eigenvalue weighted by molar-refractivity contribution is 9.10. The molecule has 0 saturated carbocycles. The fraction of sp³-hybridized carbons (Fsp3) is 0. The maximum atomic E-state index is 14.2. The molecule has 0 spiro atoms. The summed E-state index contributed by atoms with van der Waals surface area (Å²) in [7, 11) is 0. The first-order chi connectivity index (χ1) is 10.8. The van der Waals surface area contributed by atoms with Gasteiger partial charge in [-0.3, -0.25) is 0 Å². The summed E-state index contributed by atoms with van der Waals surface area (Å²) in [6.07, 6.45) is 0. The lowest BCUT2D eigenvalue weighted by Crippen LogP contribution is -2.02. The van der Waals surface area contributed by atoms with Crippen LogP contribution in [-0.4, -0.2) is 5.71 Å². The molecule has 0 unspecified atom stereocenters. The second-order valence-electron chi connectivity index (χ2n) is 4.77. The quantitative estimate of drug-likeness (QED) is 0.531. The van der Waals surface area contributed by atoms with E-state index in [2.05, 4.69) is 20.9 Å². The minimum absolute atomic E-state index is 0.317. The van der Waals surface area contributed by atoms with Gasteiger partial charge >= 0.3 is 0 Å². The van der Waals surface area contributed by atoms with E-state index >= 15 is 0 Å². The Bertz CT molecular complexity index is 757. The topological polar surface area (TPSA) is 12.4 Å². The fourth-order valence-corrected chi connectivity index (χ4v) is 2.54. The van der Waals surface area contributed by atoms with Crippen molar-refractivity contribution in [2.75, 3.05) is 0 Å². The molecule has 0 aromatic heterocycles. The number of hydrogen-bond acceptors (Lipinski definition) is 1. The van der Waals surface area contributed by atoms with Gasteiger partial charge in [0.05, 0.1) is 10.2 Å². The first kappa shape index (κ1) is 14.7. The van der Waals surface area contributed by atoms with Gasteiger partial charge < -0.3 is 0 Å². The predicted molar refractivity (Wildman–Crippen MR) is 92.3 cm³/mol. The van der Waals surface area contributed by atoms with Gasteiger partial charge in [-0.05, 0) is 28.1 Å². The third-order valence-corrected chi connectivity index (χ3v) is 3.87. The molecule has 3 heteroatoms. The van der Waals surface area contributed by atoms with Crippen LogP contribution in [0.1, 0.15) is 11.1 Å². The van der Waals surface area contributed by atoms with E-state index in [9.17, 15) is 4.39 Å². The molecule has 3 aromatic carbocycles. The molecule has 22 heavy (non-hydrogen) atoms. The molecule has 0 aliphatic rings. The monoisotopic (exact) mass is 353 g/mol. The summed E-state index contributed by atoms with van der Waals surface area (Å²) in [6.45, 7) is 0. The largest absolute Gasteiger partial charge is 0.245 e. The lowest BCUT2D eigenvalue weighted by molar-refractivity contribution is 0.623. The first-order valence-electron chi connectivity index (χ1n) is 6.89. The zero-order valence-electron chi connectivity index (χ0n) is 11.7. The van der Waals surface area contributed by atoms with Crippen LogP contribution in [-0.2, 0) is 0 Å². The molecular formula is C19H13BrFN. The van der Waals surface area contributed by atoms with E-state index in [-0.39, 0.29) is 5.82 Å². The molecular weight excluding hydrogens is 341 g/mol. The predicted octanol–water partition coefficient (Wildman–Crippen LogP) is 5.76. The Morgan fingerprint density at radius 3 is 1.82 bits per heavy atom. The molecule has 0 heterocycles. The zero-order chi connectivity index (χ0) is 15.4. The molecule has 0 bridgehead atoms. The Morgan fingerprint density at radius 1 is 0.727 bits per heavy atom. The van der Waals surface area contributed by atoms with Crippen LogP contribution in [0.5, 0.6) is 0 Å². The summed E-state index contributed by atoms with van der Waals surface area (Å²) in [5, 5.41) is 0.